The van der Waals surface area contributed by atoms with Gasteiger partial charge in [0.2, 0.25) is 0 Å². The second-order valence-corrected chi connectivity index (χ2v) is 10.2. The highest BCUT2D eigenvalue weighted by Gasteiger charge is 2.14. The largest absolute Gasteiger partial charge is 0.466 e. The van der Waals surface area contributed by atoms with Crippen molar-refractivity contribution < 1.29 is 19.1 Å². The van der Waals surface area contributed by atoms with Crippen LogP contribution < -0.4 is 0 Å². The molecule has 0 aliphatic carbocycles. The Bertz CT molecular complexity index is 500. The molecule has 0 amide bonds. The molecule has 0 N–H and O–H groups in total. The number of methoxy groups -OCH3 is 1. The zero-order chi connectivity index (χ0) is 25.8. The van der Waals surface area contributed by atoms with Crippen molar-refractivity contribution in [2.24, 2.45) is 0 Å². The molecule has 0 spiro atoms. The Kier molecular flexibility index (Phi) is 26.2. The Balaban J connectivity index is 4.10. The number of unbranched alkanes of at least 4 members (excludes halogenated alkanes) is 17. The lowest BCUT2D eigenvalue weighted by Crippen LogP contribution is -2.18. The summed E-state index contributed by atoms with van der Waals surface area (Å²) in [6, 6.07) is 0. The van der Waals surface area contributed by atoms with Crippen LogP contribution in [0.5, 0.6) is 0 Å². The van der Waals surface area contributed by atoms with E-state index < -0.39 is 0 Å². The molecule has 4 nitrogen and oxygen atoms in total. The summed E-state index contributed by atoms with van der Waals surface area (Å²) in [6.45, 7) is 4.51. The lowest BCUT2D eigenvalue weighted by atomic mass is 10.0. The molecule has 0 aromatic heterocycles. The summed E-state index contributed by atoms with van der Waals surface area (Å²) in [7, 11) is 1.40. The van der Waals surface area contributed by atoms with Gasteiger partial charge in [-0.3, -0.25) is 4.79 Å². The van der Waals surface area contributed by atoms with E-state index in [1.165, 1.54) is 96.7 Å². The van der Waals surface area contributed by atoms with E-state index in [-0.39, 0.29) is 18.0 Å². The number of ether oxygens (including phenoxy) is 2. The molecule has 1 unspecified atom stereocenters. The summed E-state index contributed by atoms with van der Waals surface area (Å²) >= 11 is 0. The zero-order valence-corrected chi connectivity index (χ0v) is 23.6. The third-order valence-electron chi connectivity index (χ3n) is 6.76. The first-order valence-electron chi connectivity index (χ1n) is 15.1. The summed E-state index contributed by atoms with van der Waals surface area (Å²) in [5.74, 6) is -0.291. The van der Waals surface area contributed by atoms with E-state index in [0.717, 1.165) is 57.8 Å². The van der Waals surface area contributed by atoms with Gasteiger partial charge in [-0.15, -0.1) is 0 Å². The van der Waals surface area contributed by atoms with E-state index in [1.54, 1.807) is 0 Å². The smallest absolute Gasteiger partial charge is 0.330 e. The van der Waals surface area contributed by atoms with Gasteiger partial charge in [-0.2, -0.15) is 0 Å². The van der Waals surface area contributed by atoms with Crippen LogP contribution in [0.15, 0.2) is 12.2 Å². The highest BCUT2D eigenvalue weighted by molar-refractivity contribution is 5.81. The number of carbonyl (C=O) groups excluding carboxylic acids is 2. The minimum atomic E-state index is -0.293. The quantitative estimate of drug-likeness (QED) is 0.0682. The Morgan fingerprint density at radius 3 is 1.60 bits per heavy atom. The Hall–Kier alpha value is -1.32. The molecule has 0 saturated heterocycles. The van der Waals surface area contributed by atoms with Crippen LogP contribution in [0.2, 0.25) is 0 Å². The van der Waals surface area contributed by atoms with Gasteiger partial charge < -0.3 is 9.47 Å². The Morgan fingerprint density at radius 1 is 0.629 bits per heavy atom. The normalized spacial score (nSPS) is 12.2. The minimum absolute atomic E-state index is 0.00176. The average molecular weight is 495 g/mol. The van der Waals surface area contributed by atoms with Crippen LogP contribution in [0.1, 0.15) is 162 Å². The first-order chi connectivity index (χ1) is 17.1. The number of rotatable bonds is 26. The number of carbonyl (C=O) groups is 2. The van der Waals surface area contributed by atoms with Gasteiger partial charge in [-0.05, 0) is 44.9 Å². The van der Waals surface area contributed by atoms with E-state index >= 15 is 0 Å². The van der Waals surface area contributed by atoms with Crippen LogP contribution in [0.4, 0.5) is 0 Å². The number of hydrogen-bond donors (Lipinski definition) is 0. The molecule has 0 saturated carbocycles. The van der Waals surface area contributed by atoms with E-state index in [1.807, 2.05) is 6.08 Å². The van der Waals surface area contributed by atoms with Crippen molar-refractivity contribution in [3.05, 3.63) is 12.2 Å². The Labute approximate surface area is 218 Å². The SMILES string of the molecule is CCCCCCCCCCCC(=O)OC(CCCCCC=CC(=O)OC)CCCCCCCCC. The zero-order valence-electron chi connectivity index (χ0n) is 23.6. The van der Waals surface area contributed by atoms with Crippen LogP contribution in [-0.4, -0.2) is 25.2 Å². The average Bonchev–Trinajstić information content (AvgIpc) is 2.86. The van der Waals surface area contributed by atoms with E-state index in [9.17, 15) is 9.59 Å². The molecule has 0 rings (SSSR count). The highest BCUT2D eigenvalue weighted by atomic mass is 16.5. The lowest BCUT2D eigenvalue weighted by Gasteiger charge is -2.18. The third-order valence-corrected chi connectivity index (χ3v) is 6.76. The monoisotopic (exact) mass is 494 g/mol. The van der Waals surface area contributed by atoms with E-state index in [0.29, 0.717) is 6.42 Å². The molecule has 0 bridgehead atoms. The van der Waals surface area contributed by atoms with Crippen LogP contribution in [0, 0.1) is 0 Å². The standard InChI is InChI=1S/C31H58O4/c1-4-6-8-10-12-13-15-19-24-28-31(33)35-29(25-21-17-14-11-9-7-5-2)26-22-18-16-20-23-27-30(32)34-3/h23,27,29H,4-22,24-26,28H2,1-3H3. The van der Waals surface area contributed by atoms with Crippen molar-refractivity contribution in [2.45, 2.75) is 168 Å². The maximum absolute atomic E-state index is 12.5. The topological polar surface area (TPSA) is 52.6 Å². The molecule has 206 valence electrons. The molecule has 0 heterocycles. The molecule has 0 aliphatic rings. The fraction of sp³-hybridized carbons (Fsp3) is 0.871. The minimum Gasteiger partial charge on any atom is -0.466 e. The summed E-state index contributed by atoms with van der Waals surface area (Å²) in [6.07, 6.45) is 30.4. The van der Waals surface area contributed by atoms with Gasteiger partial charge in [0.25, 0.3) is 0 Å². The van der Waals surface area contributed by atoms with Crippen molar-refractivity contribution in [3.63, 3.8) is 0 Å². The van der Waals surface area contributed by atoms with Crippen LogP contribution in [0.25, 0.3) is 0 Å². The Morgan fingerprint density at radius 2 is 1.09 bits per heavy atom. The van der Waals surface area contributed by atoms with Crippen LogP contribution >= 0.6 is 0 Å². The van der Waals surface area contributed by atoms with Crippen LogP contribution in [0.3, 0.4) is 0 Å². The van der Waals surface area contributed by atoms with Gasteiger partial charge in [0.1, 0.15) is 6.10 Å². The van der Waals surface area contributed by atoms with Crippen molar-refractivity contribution in [2.75, 3.05) is 7.11 Å². The van der Waals surface area contributed by atoms with Crippen molar-refractivity contribution in [3.8, 4) is 0 Å². The maximum atomic E-state index is 12.5. The summed E-state index contributed by atoms with van der Waals surface area (Å²) < 4.78 is 10.5. The van der Waals surface area contributed by atoms with Crippen molar-refractivity contribution >= 4 is 11.9 Å². The fourth-order valence-corrected chi connectivity index (χ4v) is 4.47. The van der Waals surface area contributed by atoms with Gasteiger partial charge in [-0.1, -0.05) is 116 Å². The molecule has 0 aromatic rings. The molecule has 35 heavy (non-hydrogen) atoms. The van der Waals surface area contributed by atoms with Gasteiger partial charge in [0.15, 0.2) is 0 Å². The number of hydrogen-bond acceptors (Lipinski definition) is 4. The van der Waals surface area contributed by atoms with Crippen LogP contribution in [-0.2, 0) is 19.1 Å². The number of allylic oxidation sites excluding steroid dienone is 1. The first kappa shape index (κ1) is 33.7. The predicted octanol–water partition coefficient (Wildman–Crippen LogP) is 9.64. The van der Waals surface area contributed by atoms with Crippen molar-refractivity contribution in [1.29, 1.82) is 0 Å². The van der Waals surface area contributed by atoms with Gasteiger partial charge in [-0.25, -0.2) is 4.79 Å². The molecule has 4 heteroatoms. The van der Waals surface area contributed by atoms with Gasteiger partial charge in [0, 0.05) is 12.5 Å². The second kappa shape index (κ2) is 27.3. The first-order valence-corrected chi connectivity index (χ1v) is 15.1. The predicted molar refractivity (Wildman–Crippen MR) is 149 cm³/mol. The third kappa shape index (κ3) is 25.6. The van der Waals surface area contributed by atoms with E-state index in [2.05, 4.69) is 18.6 Å². The molecule has 0 fully saturated rings. The molecule has 1 atom stereocenters. The summed E-state index contributed by atoms with van der Waals surface area (Å²) in [4.78, 5) is 23.6. The summed E-state index contributed by atoms with van der Waals surface area (Å²) in [5, 5.41) is 0. The van der Waals surface area contributed by atoms with Crippen molar-refractivity contribution in [1.82, 2.24) is 0 Å². The second-order valence-electron chi connectivity index (χ2n) is 10.2. The fourth-order valence-electron chi connectivity index (χ4n) is 4.47. The molecular formula is C31H58O4. The van der Waals surface area contributed by atoms with E-state index in [4.69, 9.17) is 4.74 Å². The molecular weight excluding hydrogens is 436 g/mol. The highest BCUT2D eigenvalue weighted by Crippen LogP contribution is 2.18. The maximum Gasteiger partial charge on any atom is 0.330 e. The molecule has 0 aliphatic heterocycles. The lowest BCUT2D eigenvalue weighted by molar-refractivity contribution is -0.150. The van der Waals surface area contributed by atoms with Gasteiger partial charge >= 0.3 is 11.9 Å². The number of esters is 2. The molecule has 0 aromatic carbocycles. The van der Waals surface area contributed by atoms with Gasteiger partial charge in [0.05, 0.1) is 7.11 Å². The summed E-state index contributed by atoms with van der Waals surface area (Å²) in [5.41, 5.74) is 0. The molecule has 0 radical (unpaired) electrons.